The Labute approximate surface area is 97.3 Å². The standard InChI is InChI=1S/C12H11F2N3/c1-7-5-16-12(17-6-7)11(15)9-3-2-8(13)4-10(9)14/h2-6,11H,15H2,1H3. The Morgan fingerprint density at radius 1 is 1.18 bits per heavy atom. The van der Waals surface area contributed by atoms with Crippen LogP contribution in [0.25, 0.3) is 0 Å². The molecule has 2 aromatic rings. The van der Waals surface area contributed by atoms with Gasteiger partial charge in [-0.05, 0) is 18.6 Å². The number of halogens is 2. The second-order valence-electron chi connectivity index (χ2n) is 3.76. The fourth-order valence-electron chi connectivity index (χ4n) is 1.46. The van der Waals surface area contributed by atoms with Gasteiger partial charge in [0.05, 0.1) is 6.04 Å². The summed E-state index contributed by atoms with van der Waals surface area (Å²) >= 11 is 0. The SMILES string of the molecule is Cc1cnc(C(N)c2ccc(F)cc2F)nc1. The maximum absolute atomic E-state index is 13.5. The molecule has 0 aliphatic carbocycles. The van der Waals surface area contributed by atoms with Gasteiger partial charge in [-0.15, -0.1) is 0 Å². The molecule has 88 valence electrons. The molecule has 0 fully saturated rings. The van der Waals surface area contributed by atoms with Gasteiger partial charge in [0, 0.05) is 24.0 Å². The number of benzene rings is 1. The van der Waals surface area contributed by atoms with Gasteiger partial charge in [0.25, 0.3) is 0 Å². The quantitative estimate of drug-likeness (QED) is 0.867. The number of aromatic nitrogens is 2. The van der Waals surface area contributed by atoms with Crippen molar-refractivity contribution in [2.75, 3.05) is 0 Å². The Hall–Kier alpha value is -1.88. The molecule has 0 spiro atoms. The van der Waals surface area contributed by atoms with E-state index in [1.54, 1.807) is 12.4 Å². The molecule has 0 aliphatic heterocycles. The topological polar surface area (TPSA) is 51.8 Å². The normalized spacial score (nSPS) is 12.5. The third-order valence-electron chi connectivity index (χ3n) is 2.38. The van der Waals surface area contributed by atoms with E-state index >= 15 is 0 Å². The molecule has 0 radical (unpaired) electrons. The number of hydrogen-bond acceptors (Lipinski definition) is 3. The summed E-state index contributed by atoms with van der Waals surface area (Å²) in [5, 5.41) is 0. The van der Waals surface area contributed by atoms with Gasteiger partial charge in [-0.3, -0.25) is 0 Å². The van der Waals surface area contributed by atoms with Crippen molar-refractivity contribution in [3.63, 3.8) is 0 Å². The summed E-state index contributed by atoms with van der Waals surface area (Å²) in [5.41, 5.74) is 6.90. The largest absolute Gasteiger partial charge is 0.318 e. The predicted molar refractivity (Wildman–Crippen MR) is 59.2 cm³/mol. The van der Waals surface area contributed by atoms with Crippen LogP contribution in [0.3, 0.4) is 0 Å². The molecular weight excluding hydrogens is 224 g/mol. The van der Waals surface area contributed by atoms with Gasteiger partial charge in [-0.2, -0.15) is 0 Å². The first kappa shape index (κ1) is 11.6. The van der Waals surface area contributed by atoms with Crippen LogP contribution in [0, 0.1) is 18.6 Å². The van der Waals surface area contributed by atoms with Crippen LogP contribution >= 0.6 is 0 Å². The molecule has 0 amide bonds. The van der Waals surface area contributed by atoms with E-state index in [1.165, 1.54) is 6.07 Å². The van der Waals surface area contributed by atoms with Crippen LogP contribution < -0.4 is 5.73 Å². The summed E-state index contributed by atoms with van der Waals surface area (Å²) in [4.78, 5) is 8.04. The fraction of sp³-hybridized carbons (Fsp3) is 0.167. The average Bonchev–Trinajstić information content (AvgIpc) is 2.29. The molecule has 1 aromatic heterocycles. The molecule has 17 heavy (non-hydrogen) atoms. The minimum absolute atomic E-state index is 0.176. The maximum atomic E-state index is 13.5. The van der Waals surface area contributed by atoms with Gasteiger partial charge in [-0.1, -0.05) is 6.07 Å². The van der Waals surface area contributed by atoms with Crippen molar-refractivity contribution >= 4 is 0 Å². The van der Waals surface area contributed by atoms with Gasteiger partial charge in [-0.25, -0.2) is 18.7 Å². The highest BCUT2D eigenvalue weighted by Gasteiger charge is 2.16. The van der Waals surface area contributed by atoms with E-state index in [9.17, 15) is 8.78 Å². The van der Waals surface area contributed by atoms with E-state index in [1.807, 2.05) is 6.92 Å². The zero-order chi connectivity index (χ0) is 12.4. The molecule has 1 atom stereocenters. The molecule has 1 unspecified atom stereocenters. The Kier molecular flexibility index (Phi) is 3.10. The van der Waals surface area contributed by atoms with Crippen molar-refractivity contribution in [1.29, 1.82) is 0 Å². The van der Waals surface area contributed by atoms with E-state index in [-0.39, 0.29) is 5.56 Å². The fourth-order valence-corrected chi connectivity index (χ4v) is 1.46. The van der Waals surface area contributed by atoms with E-state index in [2.05, 4.69) is 9.97 Å². The van der Waals surface area contributed by atoms with Crippen molar-refractivity contribution in [1.82, 2.24) is 9.97 Å². The Balaban J connectivity index is 2.36. The van der Waals surface area contributed by atoms with Crippen molar-refractivity contribution in [3.05, 3.63) is 59.2 Å². The van der Waals surface area contributed by atoms with Gasteiger partial charge < -0.3 is 5.73 Å². The highest BCUT2D eigenvalue weighted by molar-refractivity contribution is 5.26. The summed E-state index contributed by atoms with van der Waals surface area (Å²) in [6.45, 7) is 1.84. The lowest BCUT2D eigenvalue weighted by atomic mass is 10.1. The Morgan fingerprint density at radius 3 is 2.41 bits per heavy atom. The molecule has 0 saturated heterocycles. The highest BCUT2D eigenvalue weighted by atomic mass is 19.1. The van der Waals surface area contributed by atoms with E-state index in [0.717, 1.165) is 17.7 Å². The van der Waals surface area contributed by atoms with Gasteiger partial charge >= 0.3 is 0 Å². The van der Waals surface area contributed by atoms with E-state index in [4.69, 9.17) is 5.73 Å². The van der Waals surface area contributed by atoms with Crippen LogP contribution in [0.2, 0.25) is 0 Å². The van der Waals surface area contributed by atoms with Crippen LogP contribution in [0.1, 0.15) is 23.0 Å². The number of hydrogen-bond donors (Lipinski definition) is 1. The smallest absolute Gasteiger partial charge is 0.149 e. The first-order chi connectivity index (χ1) is 8.08. The second-order valence-corrected chi connectivity index (χ2v) is 3.76. The van der Waals surface area contributed by atoms with Crippen molar-refractivity contribution in [3.8, 4) is 0 Å². The van der Waals surface area contributed by atoms with E-state index < -0.39 is 17.7 Å². The molecule has 0 aliphatic rings. The molecule has 1 heterocycles. The van der Waals surface area contributed by atoms with Crippen LogP contribution in [-0.2, 0) is 0 Å². The Bertz CT molecular complexity index is 526. The highest BCUT2D eigenvalue weighted by Crippen LogP contribution is 2.20. The zero-order valence-corrected chi connectivity index (χ0v) is 9.19. The van der Waals surface area contributed by atoms with Gasteiger partial charge in [0.1, 0.15) is 17.5 Å². The number of rotatable bonds is 2. The molecule has 2 rings (SSSR count). The number of aryl methyl sites for hydroxylation is 1. The van der Waals surface area contributed by atoms with Crippen LogP contribution in [0.4, 0.5) is 8.78 Å². The molecule has 5 heteroatoms. The molecule has 0 bridgehead atoms. The monoisotopic (exact) mass is 235 g/mol. The lowest BCUT2D eigenvalue weighted by Gasteiger charge is -2.11. The van der Waals surface area contributed by atoms with Crippen molar-refractivity contribution in [2.45, 2.75) is 13.0 Å². The summed E-state index contributed by atoms with van der Waals surface area (Å²) in [6.07, 6.45) is 3.20. The lowest BCUT2D eigenvalue weighted by molar-refractivity contribution is 0.562. The van der Waals surface area contributed by atoms with Crippen LogP contribution in [-0.4, -0.2) is 9.97 Å². The first-order valence-corrected chi connectivity index (χ1v) is 5.07. The first-order valence-electron chi connectivity index (χ1n) is 5.07. The third-order valence-corrected chi connectivity index (χ3v) is 2.38. The summed E-state index contributed by atoms with van der Waals surface area (Å²) in [6, 6.07) is 2.46. The van der Waals surface area contributed by atoms with Crippen LogP contribution in [0.5, 0.6) is 0 Å². The molecule has 1 aromatic carbocycles. The summed E-state index contributed by atoms with van der Waals surface area (Å²) < 4.78 is 26.2. The molecular formula is C12H11F2N3. The molecule has 2 N–H and O–H groups in total. The average molecular weight is 235 g/mol. The zero-order valence-electron chi connectivity index (χ0n) is 9.19. The van der Waals surface area contributed by atoms with E-state index in [0.29, 0.717) is 5.82 Å². The minimum atomic E-state index is -0.795. The number of nitrogens with zero attached hydrogens (tertiary/aromatic N) is 2. The van der Waals surface area contributed by atoms with Crippen molar-refractivity contribution < 1.29 is 8.78 Å². The second kappa shape index (κ2) is 4.55. The molecule has 3 nitrogen and oxygen atoms in total. The van der Waals surface area contributed by atoms with Gasteiger partial charge in [0.15, 0.2) is 0 Å². The molecule has 0 saturated carbocycles. The lowest BCUT2D eigenvalue weighted by Crippen LogP contribution is -2.17. The Morgan fingerprint density at radius 2 is 1.82 bits per heavy atom. The minimum Gasteiger partial charge on any atom is -0.318 e. The number of nitrogens with two attached hydrogens (primary N) is 1. The maximum Gasteiger partial charge on any atom is 0.149 e. The van der Waals surface area contributed by atoms with Crippen molar-refractivity contribution in [2.24, 2.45) is 5.73 Å². The predicted octanol–water partition coefficient (Wildman–Crippen LogP) is 2.11. The van der Waals surface area contributed by atoms with Gasteiger partial charge in [0.2, 0.25) is 0 Å². The van der Waals surface area contributed by atoms with Crippen LogP contribution in [0.15, 0.2) is 30.6 Å². The summed E-state index contributed by atoms with van der Waals surface area (Å²) in [7, 11) is 0. The third kappa shape index (κ3) is 2.45. The summed E-state index contributed by atoms with van der Waals surface area (Å²) in [5.74, 6) is -1.02.